The predicted octanol–water partition coefficient (Wildman–Crippen LogP) is 3.41. The lowest BCUT2D eigenvalue weighted by atomic mass is 10.1. The number of amides is 2. The van der Waals surface area contributed by atoms with E-state index in [1.807, 2.05) is 52.0 Å². The minimum Gasteiger partial charge on any atom is -0.495 e. The molecule has 0 aliphatic carbocycles. The van der Waals surface area contributed by atoms with Crippen molar-refractivity contribution in [3.63, 3.8) is 0 Å². The van der Waals surface area contributed by atoms with Crippen LogP contribution in [0.2, 0.25) is 0 Å². The van der Waals surface area contributed by atoms with Crippen LogP contribution in [0.4, 0.5) is 5.69 Å². The summed E-state index contributed by atoms with van der Waals surface area (Å²) in [6.45, 7) is 7.80. The number of anilines is 1. The number of methoxy groups -OCH3 is 1. The Morgan fingerprint density at radius 2 is 1.74 bits per heavy atom. The lowest BCUT2D eigenvalue weighted by Crippen LogP contribution is -2.52. The molecule has 0 saturated carbocycles. The van der Waals surface area contributed by atoms with Crippen LogP contribution < -0.4 is 14.4 Å². The molecule has 0 saturated heterocycles. The molecule has 0 fully saturated rings. The third-order valence-corrected chi connectivity index (χ3v) is 6.78. The number of carbonyl (C=O) groups is 2. The summed E-state index contributed by atoms with van der Waals surface area (Å²) in [4.78, 5) is 28.2. The number of hydrogen-bond acceptors (Lipinski definition) is 5. The molecule has 0 unspecified atom stereocenters. The Kier molecular flexibility index (Phi) is 10.1. The van der Waals surface area contributed by atoms with Crippen LogP contribution in [-0.2, 0) is 26.2 Å². The highest BCUT2D eigenvalue weighted by Crippen LogP contribution is 2.31. The Bertz CT molecular complexity index is 1130. The highest BCUT2D eigenvalue weighted by atomic mass is 32.2. The molecule has 1 N–H and O–H groups in total. The molecule has 2 rings (SSSR count). The van der Waals surface area contributed by atoms with E-state index in [1.54, 1.807) is 18.2 Å². The average Bonchev–Trinajstić information content (AvgIpc) is 2.80. The lowest BCUT2D eigenvalue weighted by molar-refractivity contribution is -0.140. The van der Waals surface area contributed by atoms with E-state index in [4.69, 9.17) is 4.74 Å². The van der Waals surface area contributed by atoms with Crippen LogP contribution in [0.15, 0.2) is 42.5 Å². The van der Waals surface area contributed by atoms with E-state index in [2.05, 4.69) is 5.32 Å². The molecule has 0 aliphatic heterocycles. The van der Waals surface area contributed by atoms with Crippen molar-refractivity contribution in [2.45, 2.75) is 53.1 Å². The number of benzene rings is 2. The van der Waals surface area contributed by atoms with Crippen molar-refractivity contribution >= 4 is 27.5 Å². The van der Waals surface area contributed by atoms with Gasteiger partial charge in [-0.05, 0) is 49.9 Å². The quantitative estimate of drug-likeness (QED) is 0.479. The molecule has 0 aromatic heterocycles. The first kappa shape index (κ1) is 28.2. The molecular weight excluding hydrogens is 466 g/mol. The van der Waals surface area contributed by atoms with Crippen molar-refractivity contribution < 1.29 is 22.7 Å². The van der Waals surface area contributed by atoms with Crippen LogP contribution in [0, 0.1) is 13.8 Å². The number of carbonyl (C=O) groups excluding carboxylic acids is 2. The summed E-state index contributed by atoms with van der Waals surface area (Å²) in [5.41, 5.74) is 2.99. The fourth-order valence-corrected chi connectivity index (χ4v) is 4.73. The highest BCUT2D eigenvalue weighted by Gasteiger charge is 2.32. The Hall–Kier alpha value is -3.07. The summed E-state index contributed by atoms with van der Waals surface area (Å²) in [7, 11) is -2.39. The molecule has 0 aliphatic rings. The molecule has 2 amide bonds. The standard InChI is InChI=1S/C26H37N3O5S/c1-7-14-27-26(31)22(8-2)28(17-21-11-9-10-19(3)15-21)25(30)18-29(35(6,32)33)23-16-20(4)12-13-24(23)34-5/h9-13,15-16,22H,7-8,14,17-18H2,1-6H3,(H,27,31)/t22-/m1/s1. The maximum Gasteiger partial charge on any atom is 0.244 e. The van der Waals surface area contributed by atoms with Crippen LogP contribution in [0.1, 0.15) is 43.4 Å². The first-order chi connectivity index (χ1) is 16.5. The maximum absolute atomic E-state index is 13.7. The number of aryl methyl sites for hydroxylation is 2. The molecule has 35 heavy (non-hydrogen) atoms. The molecule has 1 atom stereocenters. The molecule has 0 radical (unpaired) electrons. The minimum atomic E-state index is -3.84. The second-order valence-electron chi connectivity index (χ2n) is 8.67. The van der Waals surface area contributed by atoms with Gasteiger partial charge < -0.3 is 15.0 Å². The van der Waals surface area contributed by atoms with Crippen LogP contribution in [0.3, 0.4) is 0 Å². The Morgan fingerprint density at radius 3 is 2.31 bits per heavy atom. The third-order valence-electron chi connectivity index (χ3n) is 5.65. The molecule has 192 valence electrons. The maximum atomic E-state index is 13.7. The third kappa shape index (κ3) is 7.71. The lowest BCUT2D eigenvalue weighted by Gasteiger charge is -2.33. The van der Waals surface area contributed by atoms with Crippen molar-refractivity contribution in [3.05, 3.63) is 59.2 Å². The van der Waals surface area contributed by atoms with Crippen LogP contribution in [0.5, 0.6) is 5.75 Å². The van der Waals surface area contributed by atoms with E-state index in [0.29, 0.717) is 18.7 Å². The van der Waals surface area contributed by atoms with Gasteiger partial charge in [0.2, 0.25) is 21.8 Å². The van der Waals surface area contributed by atoms with E-state index in [-0.39, 0.29) is 18.1 Å². The van der Waals surface area contributed by atoms with Gasteiger partial charge in [0.15, 0.2) is 0 Å². The van der Waals surface area contributed by atoms with Crippen molar-refractivity contribution in [1.82, 2.24) is 10.2 Å². The van der Waals surface area contributed by atoms with Crippen LogP contribution >= 0.6 is 0 Å². The molecule has 0 spiro atoms. The summed E-state index contributed by atoms with van der Waals surface area (Å²) in [5, 5.41) is 2.87. The number of nitrogens with one attached hydrogen (secondary N) is 1. The number of ether oxygens (including phenoxy) is 1. The predicted molar refractivity (Wildman–Crippen MR) is 139 cm³/mol. The smallest absolute Gasteiger partial charge is 0.244 e. The Labute approximate surface area is 209 Å². The zero-order valence-corrected chi connectivity index (χ0v) is 22.3. The number of hydrogen-bond donors (Lipinski definition) is 1. The van der Waals surface area contributed by atoms with Gasteiger partial charge in [-0.3, -0.25) is 13.9 Å². The topological polar surface area (TPSA) is 96.0 Å². The molecule has 8 nitrogen and oxygen atoms in total. The molecular formula is C26H37N3O5S. The number of nitrogens with zero attached hydrogens (tertiary/aromatic N) is 2. The van der Waals surface area contributed by atoms with Crippen molar-refractivity contribution in [2.75, 3.05) is 30.8 Å². The average molecular weight is 504 g/mol. The Balaban J connectivity index is 2.50. The zero-order chi connectivity index (χ0) is 26.2. The summed E-state index contributed by atoms with van der Waals surface area (Å²) in [6.07, 6.45) is 2.21. The second kappa shape index (κ2) is 12.6. The first-order valence-corrected chi connectivity index (χ1v) is 13.6. The monoisotopic (exact) mass is 503 g/mol. The summed E-state index contributed by atoms with van der Waals surface area (Å²) in [5.74, 6) is -0.389. The van der Waals surface area contributed by atoms with Gasteiger partial charge >= 0.3 is 0 Å². The van der Waals surface area contributed by atoms with E-state index < -0.39 is 28.5 Å². The van der Waals surface area contributed by atoms with Crippen LogP contribution in [0.25, 0.3) is 0 Å². The highest BCUT2D eigenvalue weighted by molar-refractivity contribution is 7.92. The minimum absolute atomic E-state index is 0.182. The van der Waals surface area contributed by atoms with Crippen molar-refractivity contribution in [3.8, 4) is 5.75 Å². The Morgan fingerprint density at radius 1 is 1.06 bits per heavy atom. The van der Waals surface area contributed by atoms with Gasteiger partial charge in [-0.25, -0.2) is 8.42 Å². The van der Waals surface area contributed by atoms with Crippen molar-refractivity contribution in [2.24, 2.45) is 0 Å². The summed E-state index contributed by atoms with van der Waals surface area (Å²) in [6, 6.07) is 12.1. The fourth-order valence-electron chi connectivity index (χ4n) is 3.88. The molecule has 2 aromatic carbocycles. The second-order valence-corrected chi connectivity index (χ2v) is 10.6. The summed E-state index contributed by atoms with van der Waals surface area (Å²) < 4.78 is 32.0. The van der Waals surface area contributed by atoms with E-state index >= 15 is 0 Å². The fraction of sp³-hybridized carbons (Fsp3) is 0.462. The van der Waals surface area contributed by atoms with Gasteiger partial charge in [0.25, 0.3) is 0 Å². The zero-order valence-electron chi connectivity index (χ0n) is 21.5. The van der Waals surface area contributed by atoms with Gasteiger partial charge in [0.05, 0.1) is 19.1 Å². The van der Waals surface area contributed by atoms with Crippen LogP contribution in [-0.4, -0.2) is 57.6 Å². The van der Waals surface area contributed by atoms with Gasteiger partial charge in [-0.2, -0.15) is 0 Å². The molecule has 0 bridgehead atoms. The number of rotatable bonds is 12. The normalized spacial score (nSPS) is 12.1. The molecule has 2 aromatic rings. The summed E-state index contributed by atoms with van der Waals surface area (Å²) >= 11 is 0. The van der Waals surface area contributed by atoms with E-state index in [1.165, 1.54) is 12.0 Å². The van der Waals surface area contributed by atoms with E-state index in [0.717, 1.165) is 33.7 Å². The van der Waals surface area contributed by atoms with E-state index in [9.17, 15) is 18.0 Å². The van der Waals surface area contributed by atoms with Gasteiger partial charge in [-0.15, -0.1) is 0 Å². The molecule has 0 heterocycles. The van der Waals surface area contributed by atoms with Crippen molar-refractivity contribution in [1.29, 1.82) is 0 Å². The molecule has 9 heteroatoms. The largest absolute Gasteiger partial charge is 0.495 e. The SMILES string of the molecule is CCCNC(=O)[C@@H](CC)N(Cc1cccc(C)c1)C(=O)CN(c1cc(C)ccc1OC)S(C)(=O)=O. The van der Waals surface area contributed by atoms with Gasteiger partial charge in [0.1, 0.15) is 18.3 Å². The first-order valence-electron chi connectivity index (χ1n) is 11.8. The van der Waals surface area contributed by atoms with Gasteiger partial charge in [0, 0.05) is 13.1 Å². The number of sulfonamides is 1. The van der Waals surface area contributed by atoms with Gasteiger partial charge in [-0.1, -0.05) is 49.7 Å².